The van der Waals surface area contributed by atoms with Crippen LogP contribution in [0.15, 0.2) is 42.5 Å². The fourth-order valence-electron chi connectivity index (χ4n) is 1.71. The summed E-state index contributed by atoms with van der Waals surface area (Å²) in [5, 5.41) is 1.22. The molecule has 2 rings (SSSR count). The van der Waals surface area contributed by atoms with E-state index in [0.717, 1.165) is 11.1 Å². The molecule has 2 aromatic carbocycles. The van der Waals surface area contributed by atoms with Gasteiger partial charge in [-0.3, -0.25) is 0 Å². The molecule has 0 radical (unpaired) electrons. The molecule has 0 aliphatic heterocycles. The highest BCUT2D eigenvalue weighted by molar-refractivity contribution is 6.35. The minimum absolute atomic E-state index is 0.222. The molecule has 0 saturated carbocycles. The summed E-state index contributed by atoms with van der Waals surface area (Å²) in [4.78, 5) is 0. The largest absolute Gasteiger partial charge is 0.320 e. The second-order valence-electron chi connectivity index (χ2n) is 4.05. The lowest BCUT2D eigenvalue weighted by Crippen LogP contribution is -2.12. The van der Waals surface area contributed by atoms with E-state index < -0.39 is 0 Å². The minimum Gasteiger partial charge on any atom is -0.320 e. The van der Waals surface area contributed by atoms with Crippen LogP contribution in [-0.4, -0.2) is 0 Å². The van der Waals surface area contributed by atoms with Gasteiger partial charge in [0.15, 0.2) is 0 Å². The summed E-state index contributed by atoms with van der Waals surface area (Å²) in [6.07, 6.45) is 0. The summed E-state index contributed by atoms with van der Waals surface area (Å²) >= 11 is 12.0. The number of hydrogen-bond acceptors (Lipinski definition) is 1. The van der Waals surface area contributed by atoms with Crippen molar-refractivity contribution in [2.45, 2.75) is 13.0 Å². The Morgan fingerprint density at radius 1 is 1.00 bits per heavy atom. The van der Waals surface area contributed by atoms with Crippen LogP contribution in [0.3, 0.4) is 0 Å². The van der Waals surface area contributed by atoms with Crippen molar-refractivity contribution in [3.63, 3.8) is 0 Å². The van der Waals surface area contributed by atoms with E-state index >= 15 is 0 Å². The zero-order valence-corrected chi connectivity index (χ0v) is 11.0. The van der Waals surface area contributed by atoms with E-state index in [-0.39, 0.29) is 6.04 Å². The Morgan fingerprint density at radius 3 is 2.24 bits per heavy atom. The Hall–Kier alpha value is -1.02. The Labute approximate surface area is 111 Å². The molecule has 17 heavy (non-hydrogen) atoms. The Bertz CT molecular complexity index is 520. The maximum Gasteiger partial charge on any atom is 0.0566 e. The molecule has 0 bridgehead atoms. The number of hydrogen-bond donors (Lipinski definition) is 1. The van der Waals surface area contributed by atoms with E-state index in [0.29, 0.717) is 10.0 Å². The van der Waals surface area contributed by atoms with Gasteiger partial charge in [0.25, 0.3) is 0 Å². The van der Waals surface area contributed by atoms with Gasteiger partial charge in [-0.25, -0.2) is 0 Å². The minimum atomic E-state index is -0.222. The Balaban J connectivity index is 2.36. The third-order valence-corrected chi connectivity index (χ3v) is 3.30. The van der Waals surface area contributed by atoms with Gasteiger partial charge in [0.1, 0.15) is 0 Å². The van der Waals surface area contributed by atoms with Crippen molar-refractivity contribution >= 4 is 23.2 Å². The zero-order valence-electron chi connectivity index (χ0n) is 9.45. The second kappa shape index (κ2) is 5.09. The summed E-state index contributed by atoms with van der Waals surface area (Å²) in [6.45, 7) is 2.05. The molecule has 0 aliphatic rings. The van der Waals surface area contributed by atoms with Crippen LogP contribution in [0.1, 0.15) is 22.7 Å². The summed E-state index contributed by atoms with van der Waals surface area (Å²) < 4.78 is 0. The van der Waals surface area contributed by atoms with Gasteiger partial charge in [-0.15, -0.1) is 0 Å². The van der Waals surface area contributed by atoms with E-state index in [1.54, 1.807) is 12.1 Å². The summed E-state index contributed by atoms with van der Waals surface area (Å²) in [6, 6.07) is 13.3. The highest BCUT2D eigenvalue weighted by Crippen LogP contribution is 2.28. The van der Waals surface area contributed by atoms with Gasteiger partial charge in [-0.1, -0.05) is 59.1 Å². The van der Waals surface area contributed by atoms with Crippen molar-refractivity contribution in [2.24, 2.45) is 5.73 Å². The lowest BCUT2D eigenvalue weighted by atomic mass is 9.99. The first-order chi connectivity index (χ1) is 8.08. The van der Waals surface area contributed by atoms with E-state index in [1.165, 1.54) is 5.56 Å². The molecule has 1 unspecified atom stereocenters. The van der Waals surface area contributed by atoms with Gasteiger partial charge < -0.3 is 5.73 Å². The maximum absolute atomic E-state index is 6.19. The molecule has 0 fully saturated rings. The van der Waals surface area contributed by atoms with E-state index in [1.807, 2.05) is 37.3 Å². The van der Waals surface area contributed by atoms with Crippen LogP contribution in [-0.2, 0) is 0 Å². The Kier molecular flexibility index (Phi) is 3.72. The highest BCUT2D eigenvalue weighted by atomic mass is 35.5. The van der Waals surface area contributed by atoms with E-state index in [4.69, 9.17) is 28.9 Å². The van der Waals surface area contributed by atoms with Crippen LogP contribution < -0.4 is 5.73 Å². The zero-order chi connectivity index (χ0) is 12.4. The molecule has 0 spiro atoms. The van der Waals surface area contributed by atoms with Crippen molar-refractivity contribution in [2.75, 3.05) is 0 Å². The van der Waals surface area contributed by atoms with Crippen LogP contribution in [0.2, 0.25) is 10.0 Å². The topological polar surface area (TPSA) is 26.0 Å². The summed E-state index contributed by atoms with van der Waals surface area (Å²) in [5.41, 5.74) is 9.33. The van der Waals surface area contributed by atoms with Crippen LogP contribution in [0.25, 0.3) is 0 Å². The van der Waals surface area contributed by atoms with Gasteiger partial charge in [-0.05, 0) is 30.2 Å². The normalized spacial score (nSPS) is 12.5. The third-order valence-electron chi connectivity index (χ3n) is 2.73. The van der Waals surface area contributed by atoms with Crippen molar-refractivity contribution in [3.05, 3.63) is 69.2 Å². The van der Waals surface area contributed by atoms with Crippen molar-refractivity contribution < 1.29 is 0 Å². The fraction of sp³-hybridized carbons (Fsp3) is 0.143. The van der Waals surface area contributed by atoms with Gasteiger partial charge >= 0.3 is 0 Å². The first kappa shape index (κ1) is 12.4. The van der Waals surface area contributed by atoms with E-state index in [2.05, 4.69) is 0 Å². The lowest BCUT2D eigenvalue weighted by molar-refractivity contribution is 0.871. The number of rotatable bonds is 2. The van der Waals surface area contributed by atoms with Gasteiger partial charge in [0, 0.05) is 10.0 Å². The molecule has 1 atom stereocenters. The average Bonchev–Trinajstić information content (AvgIpc) is 2.29. The van der Waals surface area contributed by atoms with Gasteiger partial charge in [0.2, 0.25) is 0 Å². The number of halogens is 2. The molecular formula is C14H13Cl2N. The monoisotopic (exact) mass is 265 g/mol. The predicted molar refractivity (Wildman–Crippen MR) is 73.7 cm³/mol. The van der Waals surface area contributed by atoms with Crippen molar-refractivity contribution in [3.8, 4) is 0 Å². The van der Waals surface area contributed by atoms with Gasteiger partial charge in [-0.2, -0.15) is 0 Å². The first-order valence-electron chi connectivity index (χ1n) is 5.35. The second-order valence-corrected chi connectivity index (χ2v) is 4.90. The maximum atomic E-state index is 6.19. The smallest absolute Gasteiger partial charge is 0.0566 e. The standard InChI is InChI=1S/C14H13Cl2N/c1-9-2-4-10(5-3-9)14(17)12-7-6-11(15)8-13(12)16/h2-8,14H,17H2,1H3. The Morgan fingerprint density at radius 2 is 1.65 bits per heavy atom. The molecule has 2 N–H and O–H groups in total. The van der Waals surface area contributed by atoms with Crippen molar-refractivity contribution in [1.29, 1.82) is 0 Å². The molecule has 0 saturated heterocycles. The molecule has 0 amide bonds. The molecule has 3 heteroatoms. The van der Waals surface area contributed by atoms with Gasteiger partial charge in [0.05, 0.1) is 6.04 Å². The molecular weight excluding hydrogens is 253 g/mol. The average molecular weight is 266 g/mol. The molecule has 88 valence electrons. The number of benzene rings is 2. The van der Waals surface area contributed by atoms with Crippen LogP contribution in [0.4, 0.5) is 0 Å². The summed E-state index contributed by atoms with van der Waals surface area (Å²) in [7, 11) is 0. The molecule has 2 aromatic rings. The first-order valence-corrected chi connectivity index (χ1v) is 6.10. The lowest BCUT2D eigenvalue weighted by Gasteiger charge is -2.14. The van der Waals surface area contributed by atoms with Crippen LogP contribution in [0, 0.1) is 6.92 Å². The molecule has 1 nitrogen and oxygen atoms in total. The third kappa shape index (κ3) is 2.81. The number of nitrogens with two attached hydrogens (primary N) is 1. The van der Waals surface area contributed by atoms with Crippen LogP contribution in [0.5, 0.6) is 0 Å². The number of aryl methyl sites for hydroxylation is 1. The van der Waals surface area contributed by atoms with Crippen molar-refractivity contribution in [1.82, 2.24) is 0 Å². The fourth-order valence-corrected chi connectivity index (χ4v) is 2.23. The SMILES string of the molecule is Cc1ccc(C(N)c2ccc(Cl)cc2Cl)cc1. The van der Waals surface area contributed by atoms with Crippen LogP contribution >= 0.6 is 23.2 Å². The van der Waals surface area contributed by atoms with E-state index in [9.17, 15) is 0 Å². The molecule has 0 aromatic heterocycles. The molecule has 0 heterocycles. The highest BCUT2D eigenvalue weighted by Gasteiger charge is 2.12. The quantitative estimate of drug-likeness (QED) is 0.859. The predicted octanol–water partition coefficient (Wildman–Crippen LogP) is 4.35. The molecule has 0 aliphatic carbocycles. The summed E-state index contributed by atoms with van der Waals surface area (Å²) in [5.74, 6) is 0.